The van der Waals surface area contributed by atoms with Crippen LogP contribution in [0.25, 0.3) is 0 Å². The van der Waals surface area contributed by atoms with Crippen molar-refractivity contribution in [2.24, 2.45) is 0 Å². The summed E-state index contributed by atoms with van der Waals surface area (Å²) in [7, 11) is 1.72. The summed E-state index contributed by atoms with van der Waals surface area (Å²) < 4.78 is 5.35. The molecule has 0 bridgehead atoms. The summed E-state index contributed by atoms with van der Waals surface area (Å²) in [4.78, 5) is 1.43. The van der Waals surface area contributed by atoms with Crippen LogP contribution in [-0.4, -0.2) is 13.2 Å². The van der Waals surface area contributed by atoms with Crippen LogP contribution in [0.1, 0.15) is 17.4 Å². The highest BCUT2D eigenvalue weighted by molar-refractivity contribution is 7.09. The van der Waals surface area contributed by atoms with Gasteiger partial charge in [-0.25, -0.2) is 0 Å². The standard InChI is InChI=1S/C15H19NOS/c1-12(10-14-7-5-9-18-14)16-11-13-6-3-4-8-15(13)17-2/h3-9,12,16H,10-11H2,1-2H3. The maximum absolute atomic E-state index is 5.35. The van der Waals surface area contributed by atoms with Crippen LogP contribution in [0.5, 0.6) is 5.75 Å². The molecular weight excluding hydrogens is 242 g/mol. The van der Waals surface area contributed by atoms with E-state index < -0.39 is 0 Å². The van der Waals surface area contributed by atoms with Gasteiger partial charge in [0.15, 0.2) is 0 Å². The summed E-state index contributed by atoms with van der Waals surface area (Å²) in [5.74, 6) is 0.952. The van der Waals surface area contributed by atoms with E-state index in [0.717, 1.165) is 18.7 Å². The van der Waals surface area contributed by atoms with Crippen LogP contribution in [0.15, 0.2) is 41.8 Å². The largest absolute Gasteiger partial charge is 0.496 e. The average Bonchev–Trinajstić information content (AvgIpc) is 2.89. The zero-order chi connectivity index (χ0) is 12.8. The summed E-state index contributed by atoms with van der Waals surface area (Å²) >= 11 is 1.82. The smallest absolute Gasteiger partial charge is 0.123 e. The lowest BCUT2D eigenvalue weighted by Crippen LogP contribution is -2.27. The van der Waals surface area contributed by atoms with E-state index in [4.69, 9.17) is 4.74 Å². The second kappa shape index (κ2) is 6.57. The molecule has 1 aromatic heterocycles. The summed E-state index contributed by atoms with van der Waals surface area (Å²) in [6.45, 7) is 3.06. The molecule has 18 heavy (non-hydrogen) atoms. The molecule has 2 nitrogen and oxygen atoms in total. The molecule has 0 aliphatic carbocycles. The van der Waals surface area contributed by atoms with Gasteiger partial charge in [0.2, 0.25) is 0 Å². The first-order chi connectivity index (χ1) is 8.79. The van der Waals surface area contributed by atoms with E-state index in [1.807, 2.05) is 29.5 Å². The highest BCUT2D eigenvalue weighted by Gasteiger charge is 2.06. The number of benzene rings is 1. The molecule has 0 saturated heterocycles. The molecule has 1 aromatic carbocycles. The molecule has 1 heterocycles. The Balaban J connectivity index is 1.87. The van der Waals surface area contributed by atoms with Crippen LogP contribution in [0.4, 0.5) is 0 Å². The first kappa shape index (κ1) is 13.1. The zero-order valence-electron chi connectivity index (χ0n) is 10.8. The van der Waals surface area contributed by atoms with Crippen molar-refractivity contribution in [3.05, 3.63) is 52.2 Å². The third-order valence-electron chi connectivity index (χ3n) is 2.92. The monoisotopic (exact) mass is 261 g/mol. The molecule has 1 atom stereocenters. The highest BCUT2D eigenvalue weighted by Crippen LogP contribution is 2.17. The number of methoxy groups -OCH3 is 1. The predicted molar refractivity (Wildman–Crippen MR) is 77.3 cm³/mol. The average molecular weight is 261 g/mol. The first-order valence-corrected chi connectivity index (χ1v) is 7.05. The van der Waals surface area contributed by atoms with Gasteiger partial charge in [0.05, 0.1) is 7.11 Å². The minimum absolute atomic E-state index is 0.466. The van der Waals surface area contributed by atoms with Gasteiger partial charge in [0.25, 0.3) is 0 Å². The molecule has 0 spiro atoms. The molecule has 2 rings (SSSR count). The maximum atomic E-state index is 5.35. The fraction of sp³-hybridized carbons (Fsp3) is 0.333. The van der Waals surface area contributed by atoms with Crippen molar-refractivity contribution in [2.75, 3.05) is 7.11 Å². The molecule has 0 amide bonds. The molecule has 0 radical (unpaired) electrons. The number of hydrogen-bond acceptors (Lipinski definition) is 3. The second-order valence-corrected chi connectivity index (χ2v) is 5.41. The Morgan fingerprint density at radius 2 is 2.06 bits per heavy atom. The Hall–Kier alpha value is -1.32. The fourth-order valence-electron chi connectivity index (χ4n) is 1.94. The summed E-state index contributed by atoms with van der Waals surface area (Å²) in [6.07, 6.45) is 1.08. The summed E-state index contributed by atoms with van der Waals surface area (Å²) in [5, 5.41) is 5.67. The van der Waals surface area contributed by atoms with Crippen LogP contribution < -0.4 is 10.1 Å². The van der Waals surface area contributed by atoms with E-state index in [1.54, 1.807) is 7.11 Å². The number of nitrogens with one attached hydrogen (secondary N) is 1. The molecule has 1 N–H and O–H groups in total. The highest BCUT2D eigenvalue weighted by atomic mass is 32.1. The normalized spacial score (nSPS) is 12.3. The van der Waals surface area contributed by atoms with Gasteiger partial charge in [0.1, 0.15) is 5.75 Å². The number of rotatable bonds is 6. The van der Waals surface area contributed by atoms with Gasteiger partial charge < -0.3 is 10.1 Å². The fourth-order valence-corrected chi connectivity index (χ4v) is 2.77. The Bertz CT molecular complexity index is 467. The van der Waals surface area contributed by atoms with Crippen molar-refractivity contribution >= 4 is 11.3 Å². The molecule has 0 fully saturated rings. The lowest BCUT2D eigenvalue weighted by Gasteiger charge is -2.14. The van der Waals surface area contributed by atoms with Gasteiger partial charge in [-0.2, -0.15) is 0 Å². The first-order valence-electron chi connectivity index (χ1n) is 6.17. The maximum Gasteiger partial charge on any atom is 0.123 e. The molecule has 0 saturated carbocycles. The zero-order valence-corrected chi connectivity index (χ0v) is 11.7. The Morgan fingerprint density at radius 1 is 1.22 bits per heavy atom. The third-order valence-corrected chi connectivity index (χ3v) is 3.82. The van der Waals surface area contributed by atoms with E-state index in [9.17, 15) is 0 Å². The van der Waals surface area contributed by atoms with Gasteiger partial charge in [-0.3, -0.25) is 0 Å². The van der Waals surface area contributed by atoms with Crippen LogP contribution in [0, 0.1) is 0 Å². The Kier molecular flexibility index (Phi) is 4.79. The van der Waals surface area contributed by atoms with Crippen molar-refractivity contribution in [2.45, 2.75) is 25.9 Å². The molecule has 0 aliphatic rings. The number of ether oxygens (including phenoxy) is 1. The lowest BCUT2D eigenvalue weighted by molar-refractivity contribution is 0.405. The number of para-hydroxylation sites is 1. The van der Waals surface area contributed by atoms with Crippen molar-refractivity contribution < 1.29 is 4.74 Å². The van der Waals surface area contributed by atoms with Crippen LogP contribution in [-0.2, 0) is 13.0 Å². The third kappa shape index (κ3) is 3.59. The van der Waals surface area contributed by atoms with Crippen LogP contribution in [0.2, 0.25) is 0 Å². The molecule has 0 aliphatic heterocycles. The van der Waals surface area contributed by atoms with Gasteiger partial charge in [-0.05, 0) is 30.9 Å². The van der Waals surface area contributed by atoms with Crippen molar-refractivity contribution in [1.82, 2.24) is 5.32 Å². The minimum atomic E-state index is 0.466. The Morgan fingerprint density at radius 3 is 2.78 bits per heavy atom. The van der Waals surface area contributed by atoms with Crippen LogP contribution in [0.3, 0.4) is 0 Å². The van der Waals surface area contributed by atoms with Crippen LogP contribution >= 0.6 is 11.3 Å². The van der Waals surface area contributed by atoms with Gasteiger partial charge in [-0.1, -0.05) is 24.3 Å². The molecule has 3 heteroatoms. The SMILES string of the molecule is COc1ccccc1CNC(C)Cc1cccs1. The minimum Gasteiger partial charge on any atom is -0.496 e. The number of hydrogen-bond donors (Lipinski definition) is 1. The Labute approximate surface area is 113 Å². The predicted octanol–water partition coefficient (Wildman–Crippen LogP) is 3.48. The quantitative estimate of drug-likeness (QED) is 0.859. The van der Waals surface area contributed by atoms with Crippen molar-refractivity contribution in [3.63, 3.8) is 0 Å². The van der Waals surface area contributed by atoms with Gasteiger partial charge in [0, 0.05) is 23.0 Å². The number of thiophene rings is 1. The second-order valence-electron chi connectivity index (χ2n) is 4.38. The van der Waals surface area contributed by atoms with E-state index in [1.165, 1.54) is 10.4 Å². The van der Waals surface area contributed by atoms with Gasteiger partial charge >= 0.3 is 0 Å². The van der Waals surface area contributed by atoms with Crippen molar-refractivity contribution in [3.8, 4) is 5.75 Å². The molecule has 1 unspecified atom stereocenters. The topological polar surface area (TPSA) is 21.3 Å². The van der Waals surface area contributed by atoms with Crippen molar-refractivity contribution in [1.29, 1.82) is 0 Å². The summed E-state index contributed by atoms with van der Waals surface area (Å²) in [6, 6.07) is 12.9. The molecular formula is C15H19NOS. The molecule has 2 aromatic rings. The lowest BCUT2D eigenvalue weighted by atomic mass is 10.1. The van der Waals surface area contributed by atoms with E-state index in [0.29, 0.717) is 6.04 Å². The van der Waals surface area contributed by atoms with E-state index >= 15 is 0 Å². The van der Waals surface area contributed by atoms with Gasteiger partial charge in [-0.15, -0.1) is 11.3 Å². The summed E-state index contributed by atoms with van der Waals surface area (Å²) in [5.41, 5.74) is 1.21. The molecule has 96 valence electrons. The van der Waals surface area contributed by atoms with E-state index in [2.05, 4.69) is 35.8 Å². The van der Waals surface area contributed by atoms with E-state index in [-0.39, 0.29) is 0 Å².